The fraction of sp³-hybridized carbons (Fsp3) is 0.538. The third-order valence-electron chi connectivity index (χ3n) is 3.59. The molecule has 1 aromatic rings. The maximum atomic E-state index is 10.9. The van der Waals surface area contributed by atoms with Crippen LogP contribution < -0.4 is 5.32 Å². The second kappa shape index (κ2) is 5.56. The highest BCUT2D eigenvalue weighted by molar-refractivity contribution is 9.10. The van der Waals surface area contributed by atoms with Gasteiger partial charge in [-0.3, -0.25) is 15.0 Å². The first-order valence-corrected chi connectivity index (χ1v) is 7.09. The molecule has 2 rings (SSSR count). The van der Waals surface area contributed by atoms with E-state index in [4.69, 9.17) is 0 Å². The van der Waals surface area contributed by atoms with Gasteiger partial charge in [0.25, 0.3) is 5.69 Å². The number of halogens is 1. The third-order valence-corrected chi connectivity index (χ3v) is 4.50. The second-order valence-corrected chi connectivity index (χ2v) is 6.21. The molecule has 0 saturated carbocycles. The van der Waals surface area contributed by atoms with Gasteiger partial charge in [-0.05, 0) is 35.3 Å². The molecule has 1 aromatic carbocycles. The lowest BCUT2D eigenvalue weighted by atomic mass is 9.99. The molecule has 1 heterocycles. The van der Waals surface area contributed by atoms with Crippen LogP contribution in [0.1, 0.15) is 19.4 Å². The molecule has 5 nitrogen and oxygen atoms in total. The van der Waals surface area contributed by atoms with Crippen molar-refractivity contribution in [2.24, 2.45) is 0 Å². The van der Waals surface area contributed by atoms with Crippen molar-refractivity contribution >= 4 is 21.6 Å². The first-order valence-electron chi connectivity index (χ1n) is 6.29. The molecule has 104 valence electrons. The average Bonchev–Trinajstić information content (AvgIpc) is 2.33. The Hall–Kier alpha value is -0.980. The summed E-state index contributed by atoms with van der Waals surface area (Å²) in [5.41, 5.74) is 1.15. The zero-order valence-electron chi connectivity index (χ0n) is 11.1. The van der Waals surface area contributed by atoms with E-state index in [1.54, 1.807) is 6.07 Å². The van der Waals surface area contributed by atoms with Gasteiger partial charge in [-0.2, -0.15) is 0 Å². The minimum absolute atomic E-state index is 0.0578. The molecular weight excluding hydrogens is 310 g/mol. The van der Waals surface area contributed by atoms with Crippen molar-refractivity contribution in [2.75, 3.05) is 19.6 Å². The Labute approximate surface area is 121 Å². The van der Waals surface area contributed by atoms with Crippen molar-refractivity contribution in [1.82, 2.24) is 10.2 Å². The summed E-state index contributed by atoms with van der Waals surface area (Å²) in [6.45, 7) is 7.92. The van der Waals surface area contributed by atoms with Gasteiger partial charge in [0.05, 0.1) is 9.40 Å². The predicted molar refractivity (Wildman–Crippen MR) is 78.2 cm³/mol. The van der Waals surface area contributed by atoms with Gasteiger partial charge < -0.3 is 5.32 Å². The van der Waals surface area contributed by atoms with Gasteiger partial charge in [0, 0.05) is 37.8 Å². The number of piperazine rings is 1. The Morgan fingerprint density at radius 2 is 2.26 bits per heavy atom. The molecule has 0 amide bonds. The normalized spacial score (nSPS) is 19.3. The summed E-state index contributed by atoms with van der Waals surface area (Å²) in [5.74, 6) is 0. The number of hydrogen-bond donors (Lipinski definition) is 1. The molecule has 1 fully saturated rings. The predicted octanol–water partition coefficient (Wildman–Crippen LogP) is 2.54. The van der Waals surface area contributed by atoms with E-state index in [-0.39, 0.29) is 16.1 Å². The van der Waals surface area contributed by atoms with Crippen LogP contribution in [-0.2, 0) is 6.54 Å². The lowest BCUT2D eigenvalue weighted by Crippen LogP contribution is -2.57. The van der Waals surface area contributed by atoms with E-state index in [1.165, 1.54) is 6.07 Å². The van der Waals surface area contributed by atoms with Gasteiger partial charge >= 0.3 is 0 Å². The van der Waals surface area contributed by atoms with E-state index in [9.17, 15) is 10.1 Å². The lowest BCUT2D eigenvalue weighted by Gasteiger charge is -2.43. The summed E-state index contributed by atoms with van der Waals surface area (Å²) < 4.78 is 0.592. The lowest BCUT2D eigenvalue weighted by molar-refractivity contribution is -0.385. The Morgan fingerprint density at radius 1 is 1.53 bits per heavy atom. The minimum atomic E-state index is -0.351. The standard InChI is InChI=1S/C13H18BrN3O2/c1-13(2)9-15-6-7-16(13)8-10-4-3-5-11(12(10)14)17(18)19/h3-5,15H,6-9H2,1-2H3. The SMILES string of the molecule is CC1(C)CNCCN1Cc1cccc([N+](=O)[O-])c1Br. The summed E-state index contributed by atoms with van der Waals surface area (Å²) in [7, 11) is 0. The van der Waals surface area contributed by atoms with E-state index in [0.717, 1.165) is 31.7 Å². The molecule has 0 aromatic heterocycles. The van der Waals surface area contributed by atoms with Crippen LogP contribution in [0.4, 0.5) is 5.69 Å². The van der Waals surface area contributed by atoms with Gasteiger partial charge in [0.15, 0.2) is 0 Å². The number of nitro groups is 1. The smallest absolute Gasteiger partial charge is 0.283 e. The highest BCUT2D eigenvalue weighted by Gasteiger charge is 2.30. The Bertz CT molecular complexity index is 491. The van der Waals surface area contributed by atoms with Crippen molar-refractivity contribution in [1.29, 1.82) is 0 Å². The first-order chi connectivity index (χ1) is 8.92. The number of nitrogens with one attached hydrogen (secondary N) is 1. The van der Waals surface area contributed by atoms with Gasteiger partial charge in [-0.25, -0.2) is 0 Å². The van der Waals surface area contributed by atoms with Crippen LogP contribution in [-0.4, -0.2) is 35.0 Å². The molecule has 0 bridgehead atoms. The van der Waals surface area contributed by atoms with Crippen LogP contribution in [0.5, 0.6) is 0 Å². The first kappa shape index (κ1) is 14.4. The van der Waals surface area contributed by atoms with Gasteiger partial charge in [0.2, 0.25) is 0 Å². The van der Waals surface area contributed by atoms with E-state index < -0.39 is 0 Å². The molecule has 1 saturated heterocycles. The van der Waals surface area contributed by atoms with E-state index in [1.807, 2.05) is 6.07 Å². The summed E-state index contributed by atoms with van der Waals surface area (Å²) in [5, 5.41) is 14.3. The van der Waals surface area contributed by atoms with Gasteiger partial charge in [-0.1, -0.05) is 12.1 Å². The van der Waals surface area contributed by atoms with Gasteiger partial charge in [0.1, 0.15) is 0 Å². The van der Waals surface area contributed by atoms with Crippen molar-refractivity contribution in [3.8, 4) is 0 Å². The maximum absolute atomic E-state index is 10.9. The van der Waals surface area contributed by atoms with Crippen molar-refractivity contribution in [3.05, 3.63) is 38.3 Å². The highest BCUT2D eigenvalue weighted by atomic mass is 79.9. The molecule has 0 spiro atoms. The van der Waals surface area contributed by atoms with Crippen LogP contribution in [0.15, 0.2) is 22.7 Å². The molecule has 0 atom stereocenters. The maximum Gasteiger partial charge on any atom is 0.283 e. The van der Waals surface area contributed by atoms with E-state index >= 15 is 0 Å². The molecule has 19 heavy (non-hydrogen) atoms. The molecule has 1 aliphatic rings. The number of nitro benzene ring substituents is 1. The van der Waals surface area contributed by atoms with E-state index in [2.05, 4.69) is 40.0 Å². The van der Waals surface area contributed by atoms with Crippen LogP contribution in [0.25, 0.3) is 0 Å². The van der Waals surface area contributed by atoms with Crippen molar-refractivity contribution in [3.63, 3.8) is 0 Å². The zero-order valence-corrected chi connectivity index (χ0v) is 12.7. The van der Waals surface area contributed by atoms with Crippen molar-refractivity contribution < 1.29 is 4.92 Å². The van der Waals surface area contributed by atoms with Crippen LogP contribution in [0, 0.1) is 10.1 Å². The molecule has 0 radical (unpaired) electrons. The number of nitrogens with zero attached hydrogens (tertiary/aromatic N) is 2. The Morgan fingerprint density at radius 3 is 2.89 bits per heavy atom. The largest absolute Gasteiger partial charge is 0.314 e. The molecule has 1 N–H and O–H groups in total. The van der Waals surface area contributed by atoms with Crippen molar-refractivity contribution in [2.45, 2.75) is 25.9 Å². The second-order valence-electron chi connectivity index (χ2n) is 5.42. The van der Waals surface area contributed by atoms with Crippen LogP contribution in [0.2, 0.25) is 0 Å². The summed E-state index contributed by atoms with van der Waals surface area (Å²) in [6.07, 6.45) is 0. The van der Waals surface area contributed by atoms with Crippen LogP contribution in [0.3, 0.4) is 0 Å². The quantitative estimate of drug-likeness (QED) is 0.684. The molecule has 0 unspecified atom stereocenters. The topological polar surface area (TPSA) is 58.4 Å². The third kappa shape index (κ3) is 3.13. The molecule has 0 aliphatic carbocycles. The Balaban J connectivity index is 2.23. The highest BCUT2D eigenvalue weighted by Crippen LogP contribution is 2.30. The number of rotatable bonds is 3. The molecule has 6 heteroatoms. The molecule has 1 aliphatic heterocycles. The zero-order chi connectivity index (χ0) is 14.0. The Kier molecular flexibility index (Phi) is 4.23. The monoisotopic (exact) mass is 327 g/mol. The minimum Gasteiger partial charge on any atom is -0.314 e. The van der Waals surface area contributed by atoms with Gasteiger partial charge in [-0.15, -0.1) is 0 Å². The van der Waals surface area contributed by atoms with Crippen LogP contribution >= 0.6 is 15.9 Å². The summed E-state index contributed by atoms with van der Waals surface area (Å²) in [4.78, 5) is 12.9. The van der Waals surface area contributed by atoms with E-state index in [0.29, 0.717) is 4.47 Å². The summed E-state index contributed by atoms with van der Waals surface area (Å²) >= 11 is 3.36. The average molecular weight is 328 g/mol. The fourth-order valence-corrected chi connectivity index (χ4v) is 2.89. The number of hydrogen-bond acceptors (Lipinski definition) is 4. The molecular formula is C13H18BrN3O2. The fourth-order valence-electron chi connectivity index (χ4n) is 2.35. The summed E-state index contributed by atoms with van der Waals surface area (Å²) in [6, 6.07) is 5.21. The number of benzene rings is 1.